The molecule has 0 spiro atoms. The summed E-state index contributed by atoms with van der Waals surface area (Å²) in [6, 6.07) is 7.83. The number of amides is 1. The number of halogens is 2. The Morgan fingerprint density at radius 1 is 1.30 bits per heavy atom. The second kappa shape index (κ2) is 5.35. The minimum atomic E-state index is -0.277. The summed E-state index contributed by atoms with van der Waals surface area (Å²) in [5.41, 5.74) is 3.58. The largest absolute Gasteiger partial charge is 0.361 e. The average molecular weight is 330 g/mol. The van der Waals surface area contributed by atoms with Crippen LogP contribution in [0.15, 0.2) is 42.7 Å². The van der Waals surface area contributed by atoms with Gasteiger partial charge in [0.25, 0.3) is 0 Å². The van der Waals surface area contributed by atoms with Gasteiger partial charge in [-0.15, -0.1) is 0 Å². The van der Waals surface area contributed by atoms with E-state index in [0.717, 1.165) is 16.7 Å². The van der Waals surface area contributed by atoms with E-state index in [1.165, 1.54) is 12.1 Å². The highest BCUT2D eigenvalue weighted by atomic mass is 35.5. The molecule has 116 valence electrons. The number of benzene rings is 1. The first-order valence-electron chi connectivity index (χ1n) is 7.28. The molecule has 2 aliphatic rings. The maximum Gasteiger partial charge on any atom is 0.247 e. The van der Waals surface area contributed by atoms with E-state index >= 15 is 0 Å². The summed E-state index contributed by atoms with van der Waals surface area (Å²) in [6.45, 7) is 0.575. The van der Waals surface area contributed by atoms with Crippen molar-refractivity contribution in [2.75, 3.05) is 5.32 Å². The zero-order valence-corrected chi connectivity index (χ0v) is 12.8. The van der Waals surface area contributed by atoms with E-state index in [1.54, 1.807) is 24.4 Å². The number of carbonyl (C=O) groups is 1. The van der Waals surface area contributed by atoms with Crippen molar-refractivity contribution >= 4 is 28.8 Å². The van der Waals surface area contributed by atoms with Crippen molar-refractivity contribution in [1.82, 2.24) is 9.88 Å². The number of fused-ring (bicyclic) bond motifs is 2. The Morgan fingerprint density at radius 3 is 2.87 bits per heavy atom. The van der Waals surface area contributed by atoms with Crippen LogP contribution in [0.4, 0.5) is 10.1 Å². The van der Waals surface area contributed by atoms with Gasteiger partial charge in [-0.3, -0.25) is 4.79 Å². The quantitative estimate of drug-likeness (QED) is 0.815. The molecule has 0 fully saturated rings. The number of nitrogens with zero attached hydrogens (tertiary/aromatic N) is 2. The van der Waals surface area contributed by atoms with E-state index in [0.29, 0.717) is 23.8 Å². The van der Waals surface area contributed by atoms with E-state index in [9.17, 15) is 9.18 Å². The smallest absolute Gasteiger partial charge is 0.247 e. The van der Waals surface area contributed by atoms with Crippen LogP contribution in [0.3, 0.4) is 0 Å². The van der Waals surface area contributed by atoms with Crippen molar-refractivity contribution < 1.29 is 9.18 Å². The number of rotatable bonds is 1. The summed E-state index contributed by atoms with van der Waals surface area (Å²) in [5.74, 6) is -0.336. The number of pyridine rings is 1. The van der Waals surface area contributed by atoms with Crippen molar-refractivity contribution in [3.63, 3.8) is 0 Å². The lowest BCUT2D eigenvalue weighted by Crippen LogP contribution is -2.35. The molecule has 0 saturated heterocycles. The highest BCUT2D eigenvalue weighted by Crippen LogP contribution is 2.35. The van der Waals surface area contributed by atoms with E-state index in [2.05, 4.69) is 10.3 Å². The molecule has 4 rings (SSSR count). The first-order chi connectivity index (χ1) is 11.1. The minimum absolute atomic E-state index is 0.0683. The molecular formula is C17H13ClFN3O. The number of nitrogens with one attached hydrogen (secondary N) is 1. The number of aromatic nitrogens is 1. The van der Waals surface area contributed by atoms with Gasteiger partial charge in [0.15, 0.2) is 0 Å². The highest BCUT2D eigenvalue weighted by molar-refractivity contribution is 6.29. The lowest BCUT2D eigenvalue weighted by Gasteiger charge is -2.20. The van der Waals surface area contributed by atoms with Crippen molar-refractivity contribution in [1.29, 1.82) is 0 Å². The van der Waals surface area contributed by atoms with Gasteiger partial charge in [0.2, 0.25) is 5.91 Å². The first kappa shape index (κ1) is 14.2. The molecule has 1 unspecified atom stereocenters. The van der Waals surface area contributed by atoms with Crippen molar-refractivity contribution in [3.05, 3.63) is 64.8 Å². The average Bonchev–Trinajstić information content (AvgIpc) is 2.89. The fourth-order valence-corrected chi connectivity index (χ4v) is 3.23. The van der Waals surface area contributed by atoms with Gasteiger partial charge in [0.05, 0.1) is 11.9 Å². The fourth-order valence-electron chi connectivity index (χ4n) is 3.05. The van der Waals surface area contributed by atoms with Crippen LogP contribution in [-0.4, -0.2) is 21.8 Å². The summed E-state index contributed by atoms with van der Waals surface area (Å²) < 4.78 is 13.1. The molecule has 0 saturated carbocycles. The van der Waals surface area contributed by atoms with Gasteiger partial charge in [-0.2, -0.15) is 0 Å². The predicted octanol–water partition coefficient (Wildman–Crippen LogP) is 3.44. The molecule has 1 amide bonds. The van der Waals surface area contributed by atoms with Crippen LogP contribution in [0.1, 0.15) is 17.5 Å². The van der Waals surface area contributed by atoms with Crippen LogP contribution in [0.2, 0.25) is 5.15 Å². The Labute approximate surface area is 137 Å². The summed E-state index contributed by atoms with van der Waals surface area (Å²) in [5, 5.41) is 3.31. The summed E-state index contributed by atoms with van der Waals surface area (Å²) >= 11 is 5.96. The Kier molecular flexibility index (Phi) is 3.31. The molecule has 0 radical (unpaired) electrons. The molecule has 1 atom stereocenters. The Bertz CT molecular complexity index is 819. The van der Waals surface area contributed by atoms with E-state index in [4.69, 9.17) is 11.6 Å². The maximum atomic E-state index is 13.1. The van der Waals surface area contributed by atoms with E-state index < -0.39 is 0 Å². The van der Waals surface area contributed by atoms with Crippen LogP contribution in [0, 0.1) is 5.82 Å². The first-order valence-corrected chi connectivity index (χ1v) is 7.65. The van der Waals surface area contributed by atoms with Crippen molar-refractivity contribution in [3.8, 4) is 0 Å². The van der Waals surface area contributed by atoms with Crippen LogP contribution in [0.5, 0.6) is 0 Å². The molecule has 1 aromatic carbocycles. The summed E-state index contributed by atoms with van der Waals surface area (Å²) in [7, 11) is 0. The molecule has 0 aliphatic carbocycles. The van der Waals surface area contributed by atoms with Crippen molar-refractivity contribution in [2.24, 2.45) is 0 Å². The van der Waals surface area contributed by atoms with Crippen LogP contribution in [0.25, 0.3) is 5.57 Å². The third-order valence-electron chi connectivity index (χ3n) is 4.22. The zero-order valence-electron chi connectivity index (χ0n) is 12.1. The second-order valence-electron chi connectivity index (χ2n) is 5.71. The predicted molar refractivity (Wildman–Crippen MR) is 86.2 cm³/mol. The maximum absolute atomic E-state index is 13.1. The van der Waals surface area contributed by atoms with Crippen molar-refractivity contribution in [2.45, 2.75) is 19.0 Å². The Balaban J connectivity index is 1.69. The zero-order chi connectivity index (χ0) is 16.0. The van der Waals surface area contributed by atoms with Gasteiger partial charge in [-0.25, -0.2) is 9.37 Å². The van der Waals surface area contributed by atoms with Gasteiger partial charge in [-0.1, -0.05) is 23.7 Å². The van der Waals surface area contributed by atoms with Gasteiger partial charge < -0.3 is 10.2 Å². The SMILES string of the molecule is O=C1Nc2cnc(Cl)cc2CN2C=C(c3ccc(F)cc3)CC12. The summed E-state index contributed by atoms with van der Waals surface area (Å²) in [6.07, 6.45) is 4.15. The molecule has 23 heavy (non-hydrogen) atoms. The number of hydrogen-bond acceptors (Lipinski definition) is 3. The molecule has 1 N–H and O–H groups in total. The number of hydrogen-bond donors (Lipinski definition) is 1. The third-order valence-corrected chi connectivity index (χ3v) is 4.43. The third kappa shape index (κ3) is 2.57. The van der Waals surface area contributed by atoms with Crippen LogP contribution < -0.4 is 5.32 Å². The summed E-state index contributed by atoms with van der Waals surface area (Å²) in [4.78, 5) is 18.5. The monoisotopic (exact) mass is 329 g/mol. The number of anilines is 1. The fraction of sp³-hybridized carbons (Fsp3) is 0.176. The molecule has 0 bridgehead atoms. The molecular weight excluding hydrogens is 317 g/mol. The molecule has 2 aliphatic heterocycles. The van der Waals surface area contributed by atoms with Gasteiger partial charge in [0.1, 0.15) is 17.0 Å². The number of carbonyl (C=O) groups excluding carboxylic acids is 1. The van der Waals surface area contributed by atoms with E-state index in [-0.39, 0.29) is 17.8 Å². The lowest BCUT2D eigenvalue weighted by atomic mass is 10.0. The van der Waals surface area contributed by atoms with Crippen LogP contribution >= 0.6 is 11.6 Å². The molecule has 6 heteroatoms. The minimum Gasteiger partial charge on any atom is -0.361 e. The Hall–Kier alpha value is -2.40. The molecule has 1 aromatic heterocycles. The normalized spacial score (nSPS) is 19.6. The van der Waals surface area contributed by atoms with Gasteiger partial charge in [-0.05, 0) is 34.9 Å². The van der Waals surface area contributed by atoms with Gasteiger partial charge >= 0.3 is 0 Å². The Morgan fingerprint density at radius 2 is 2.09 bits per heavy atom. The second-order valence-corrected chi connectivity index (χ2v) is 6.09. The van der Waals surface area contributed by atoms with E-state index in [1.807, 2.05) is 11.1 Å². The standard InChI is InChI=1S/C17H13ClFN3O/c18-16-6-12-9-22-8-11(10-1-3-13(19)4-2-10)5-15(22)17(23)21-14(12)7-20-16/h1-4,6-8,15H,5,9H2,(H,21,23). The lowest BCUT2D eigenvalue weighted by molar-refractivity contribution is -0.119. The van der Waals surface area contributed by atoms with Crippen LogP contribution in [-0.2, 0) is 11.3 Å². The topological polar surface area (TPSA) is 45.2 Å². The molecule has 3 heterocycles. The molecule has 4 nitrogen and oxygen atoms in total. The highest BCUT2D eigenvalue weighted by Gasteiger charge is 2.34. The molecule has 2 aromatic rings. The van der Waals surface area contributed by atoms with Gasteiger partial charge in [0, 0.05) is 19.2 Å².